The fourth-order valence-corrected chi connectivity index (χ4v) is 0.623. The van der Waals surface area contributed by atoms with E-state index in [1.165, 1.54) is 6.07 Å². The molecular formula is C7H4F2NO. The van der Waals surface area contributed by atoms with Gasteiger partial charge < -0.3 is 5.21 Å². The smallest absolute Gasteiger partial charge is 0.159 e. The maximum atomic E-state index is 12.4. The van der Waals surface area contributed by atoms with Crippen LogP contribution in [-0.4, -0.2) is 11.4 Å². The van der Waals surface area contributed by atoms with Crippen LogP contribution in [0.5, 0.6) is 0 Å². The zero-order chi connectivity index (χ0) is 8.27. The van der Waals surface area contributed by atoms with E-state index >= 15 is 0 Å². The third-order valence-electron chi connectivity index (χ3n) is 1.10. The number of rotatable bonds is 1. The minimum atomic E-state index is -0.987. The molecule has 1 aromatic rings. The summed E-state index contributed by atoms with van der Waals surface area (Å²) in [7, 11) is 0. The molecule has 1 rings (SSSR count). The maximum absolute atomic E-state index is 12.4. The highest BCUT2D eigenvalue weighted by atomic mass is 19.2. The number of hydrogen-bond acceptors (Lipinski definition) is 2. The second-order valence-corrected chi connectivity index (χ2v) is 1.84. The minimum Gasteiger partial charge on any atom is -0.410 e. The van der Waals surface area contributed by atoms with Gasteiger partial charge in [-0.05, 0) is 18.2 Å². The highest BCUT2D eigenvalue weighted by Gasteiger charge is 2.00. The molecule has 0 saturated heterocycles. The Morgan fingerprint density at radius 2 is 2.00 bits per heavy atom. The first-order valence-electron chi connectivity index (χ1n) is 2.79. The summed E-state index contributed by atoms with van der Waals surface area (Å²) in [4.78, 5) is 0. The third kappa shape index (κ3) is 1.73. The predicted molar refractivity (Wildman–Crippen MR) is 34.7 cm³/mol. The van der Waals surface area contributed by atoms with Crippen LogP contribution in [0.4, 0.5) is 8.78 Å². The summed E-state index contributed by atoms with van der Waals surface area (Å²) in [5, 5.41) is 10.5. The molecular weight excluding hydrogens is 152 g/mol. The lowest BCUT2D eigenvalue weighted by Crippen LogP contribution is -1.87. The average molecular weight is 156 g/mol. The Morgan fingerprint density at radius 1 is 1.27 bits per heavy atom. The second kappa shape index (κ2) is 3.09. The molecule has 57 valence electrons. The molecule has 0 aliphatic heterocycles. The summed E-state index contributed by atoms with van der Waals surface area (Å²) in [5.41, 5.74) is 0.186. The van der Waals surface area contributed by atoms with Crippen molar-refractivity contribution in [3.8, 4) is 0 Å². The largest absolute Gasteiger partial charge is 0.410 e. The van der Waals surface area contributed by atoms with Crippen molar-refractivity contribution >= 4 is 6.21 Å². The van der Waals surface area contributed by atoms with E-state index in [9.17, 15) is 8.78 Å². The van der Waals surface area contributed by atoms with Gasteiger partial charge in [-0.15, -0.1) is 0 Å². The van der Waals surface area contributed by atoms with Crippen molar-refractivity contribution in [2.45, 2.75) is 0 Å². The molecule has 4 heteroatoms. The number of hydrogen-bond donors (Lipinski definition) is 1. The van der Waals surface area contributed by atoms with E-state index in [1.54, 1.807) is 0 Å². The van der Waals surface area contributed by atoms with Crippen molar-refractivity contribution in [1.82, 2.24) is 0 Å². The lowest BCUT2D eigenvalue weighted by Gasteiger charge is -1.91. The highest BCUT2D eigenvalue weighted by Crippen LogP contribution is 2.06. The molecule has 0 atom stereocenters. The normalized spacial score (nSPS) is 10.7. The van der Waals surface area contributed by atoms with Crippen LogP contribution < -0.4 is 0 Å². The first-order valence-corrected chi connectivity index (χ1v) is 2.79. The fourth-order valence-electron chi connectivity index (χ4n) is 0.623. The van der Waals surface area contributed by atoms with Gasteiger partial charge in [0, 0.05) is 5.56 Å². The monoisotopic (exact) mass is 156 g/mol. The fraction of sp³-hybridized carbons (Fsp3) is 0. The molecule has 0 spiro atoms. The number of halogens is 2. The van der Waals surface area contributed by atoms with Gasteiger partial charge in [0.2, 0.25) is 0 Å². The minimum absolute atomic E-state index is 0.186. The van der Waals surface area contributed by atoms with E-state index in [-0.39, 0.29) is 5.56 Å². The van der Waals surface area contributed by atoms with E-state index in [4.69, 9.17) is 5.21 Å². The Balaban J connectivity index is 3.05. The van der Waals surface area contributed by atoms with Crippen LogP contribution in [-0.2, 0) is 0 Å². The van der Waals surface area contributed by atoms with Crippen LogP contribution in [0.1, 0.15) is 5.56 Å². The van der Waals surface area contributed by atoms with Gasteiger partial charge in [0.05, 0.1) is 0 Å². The molecule has 0 amide bonds. The topological polar surface area (TPSA) is 32.6 Å². The first-order chi connectivity index (χ1) is 5.24. The molecule has 0 fully saturated rings. The molecule has 0 bridgehead atoms. The van der Waals surface area contributed by atoms with E-state index in [0.29, 0.717) is 0 Å². The average Bonchev–Trinajstić information content (AvgIpc) is 1.98. The highest BCUT2D eigenvalue weighted by molar-refractivity contribution is 5.78. The van der Waals surface area contributed by atoms with E-state index in [0.717, 1.165) is 12.1 Å². The van der Waals surface area contributed by atoms with E-state index in [2.05, 4.69) is 5.16 Å². The molecule has 2 nitrogen and oxygen atoms in total. The Kier molecular flexibility index (Phi) is 2.15. The zero-order valence-electron chi connectivity index (χ0n) is 5.38. The number of benzene rings is 1. The number of nitrogens with zero attached hydrogens (tertiary/aromatic N) is 1. The SMILES string of the molecule is O/N=[C]\c1ccc(F)c(F)c1. The summed E-state index contributed by atoms with van der Waals surface area (Å²) < 4.78 is 24.6. The van der Waals surface area contributed by atoms with Crippen LogP contribution >= 0.6 is 0 Å². The molecule has 1 radical (unpaired) electrons. The first kappa shape index (κ1) is 7.65. The summed E-state index contributed by atoms with van der Waals surface area (Å²) in [6.07, 6.45) is 2.05. The summed E-state index contributed by atoms with van der Waals surface area (Å²) in [6.45, 7) is 0. The standard InChI is InChI=1S/C7H4F2NO/c8-6-2-1-5(4-10-11)3-7(6)9/h1-3,11H. The molecule has 0 aliphatic rings. The lowest BCUT2D eigenvalue weighted by molar-refractivity contribution is 0.322. The maximum Gasteiger partial charge on any atom is 0.159 e. The van der Waals surface area contributed by atoms with Gasteiger partial charge in [-0.1, -0.05) is 5.16 Å². The molecule has 1 aromatic carbocycles. The van der Waals surface area contributed by atoms with Gasteiger partial charge >= 0.3 is 0 Å². The van der Waals surface area contributed by atoms with Gasteiger partial charge in [-0.3, -0.25) is 0 Å². The molecule has 11 heavy (non-hydrogen) atoms. The van der Waals surface area contributed by atoms with Crippen LogP contribution in [0, 0.1) is 11.6 Å². The van der Waals surface area contributed by atoms with E-state index in [1.807, 2.05) is 6.21 Å². The van der Waals surface area contributed by atoms with Crippen LogP contribution in [0.3, 0.4) is 0 Å². The molecule has 0 aromatic heterocycles. The summed E-state index contributed by atoms with van der Waals surface area (Å²) in [5.74, 6) is -1.92. The quantitative estimate of drug-likeness (QED) is 0.374. The Morgan fingerprint density at radius 3 is 2.55 bits per heavy atom. The molecule has 0 heterocycles. The van der Waals surface area contributed by atoms with Crippen molar-refractivity contribution in [3.05, 3.63) is 35.4 Å². The third-order valence-corrected chi connectivity index (χ3v) is 1.10. The van der Waals surface area contributed by atoms with Crippen molar-refractivity contribution in [1.29, 1.82) is 0 Å². The van der Waals surface area contributed by atoms with Crippen molar-refractivity contribution < 1.29 is 14.0 Å². The van der Waals surface area contributed by atoms with E-state index < -0.39 is 11.6 Å². The van der Waals surface area contributed by atoms with Gasteiger partial charge in [0.1, 0.15) is 6.21 Å². The van der Waals surface area contributed by atoms with Crippen LogP contribution in [0.25, 0.3) is 0 Å². The van der Waals surface area contributed by atoms with Crippen molar-refractivity contribution in [2.75, 3.05) is 0 Å². The summed E-state index contributed by atoms with van der Waals surface area (Å²) in [6, 6.07) is 3.07. The van der Waals surface area contributed by atoms with Gasteiger partial charge in [0.25, 0.3) is 0 Å². The van der Waals surface area contributed by atoms with Gasteiger partial charge in [-0.2, -0.15) is 0 Å². The summed E-state index contributed by atoms with van der Waals surface area (Å²) >= 11 is 0. The Labute approximate surface area is 61.8 Å². The van der Waals surface area contributed by atoms with Crippen molar-refractivity contribution in [3.63, 3.8) is 0 Å². The van der Waals surface area contributed by atoms with Crippen LogP contribution in [0.2, 0.25) is 0 Å². The predicted octanol–water partition coefficient (Wildman–Crippen LogP) is 1.65. The lowest BCUT2D eigenvalue weighted by atomic mass is 10.2. The molecule has 0 unspecified atom stereocenters. The second-order valence-electron chi connectivity index (χ2n) is 1.84. The van der Waals surface area contributed by atoms with Crippen molar-refractivity contribution in [2.24, 2.45) is 5.16 Å². The Bertz CT molecular complexity index is 286. The molecule has 0 aliphatic carbocycles. The molecule has 1 N–H and O–H groups in total. The molecule has 0 saturated carbocycles. The van der Waals surface area contributed by atoms with Crippen LogP contribution in [0.15, 0.2) is 23.4 Å². The Hall–Kier alpha value is -1.45. The zero-order valence-corrected chi connectivity index (χ0v) is 5.38. The van der Waals surface area contributed by atoms with Gasteiger partial charge in [0.15, 0.2) is 11.6 Å². The van der Waals surface area contributed by atoms with Gasteiger partial charge in [-0.25, -0.2) is 8.78 Å².